The molecule has 1 saturated heterocycles. The fourth-order valence-corrected chi connectivity index (χ4v) is 8.42. The van der Waals surface area contributed by atoms with E-state index in [1.807, 2.05) is 31.2 Å². The third-order valence-corrected chi connectivity index (χ3v) is 10.6. The van der Waals surface area contributed by atoms with Crippen LogP contribution in [0.25, 0.3) is 0 Å². The highest BCUT2D eigenvalue weighted by atomic mass is 35.5. The molecule has 11 nitrogen and oxygen atoms in total. The fourth-order valence-electron chi connectivity index (χ4n) is 6.22. The normalized spacial score (nSPS) is 20.2. The molecular formula is C33H32ClN3O8S. The van der Waals surface area contributed by atoms with Crippen molar-refractivity contribution in [3.63, 3.8) is 0 Å². The molecule has 2 N–H and O–H groups in total. The number of nitrogens with zero attached hydrogens (tertiary/aromatic N) is 3. The summed E-state index contributed by atoms with van der Waals surface area (Å²) in [6.07, 6.45) is 2.43. The van der Waals surface area contributed by atoms with Crippen molar-refractivity contribution < 1.29 is 37.8 Å². The SMILES string of the molecule is CC(CN1C(=O)c2ccccc2C1=O)N1CCC(N2C(c3ccc(Cl)cc3)c3ccccc3S2(=O)=O)CC1.O=C(O)/C=C\C(=O)O. The van der Waals surface area contributed by atoms with E-state index in [-0.39, 0.29) is 23.9 Å². The van der Waals surface area contributed by atoms with Gasteiger partial charge in [-0.1, -0.05) is 54.1 Å². The van der Waals surface area contributed by atoms with Gasteiger partial charge in [0.05, 0.1) is 22.1 Å². The van der Waals surface area contributed by atoms with Crippen LogP contribution in [0.2, 0.25) is 5.02 Å². The van der Waals surface area contributed by atoms with Crippen LogP contribution in [0.15, 0.2) is 89.8 Å². The number of sulfonamides is 1. The summed E-state index contributed by atoms with van der Waals surface area (Å²) in [6, 6.07) is 20.9. The molecule has 3 aromatic rings. The van der Waals surface area contributed by atoms with Crippen molar-refractivity contribution in [3.05, 3.63) is 112 Å². The molecule has 3 aromatic carbocycles. The van der Waals surface area contributed by atoms with Crippen molar-refractivity contribution in [1.82, 2.24) is 14.1 Å². The number of amides is 2. The third kappa shape index (κ3) is 6.61. The van der Waals surface area contributed by atoms with Crippen LogP contribution >= 0.6 is 11.6 Å². The molecule has 3 aliphatic heterocycles. The summed E-state index contributed by atoms with van der Waals surface area (Å²) >= 11 is 6.13. The van der Waals surface area contributed by atoms with Gasteiger partial charge >= 0.3 is 11.9 Å². The smallest absolute Gasteiger partial charge is 0.328 e. The van der Waals surface area contributed by atoms with Gasteiger partial charge in [0.1, 0.15) is 0 Å². The molecule has 2 atom stereocenters. The summed E-state index contributed by atoms with van der Waals surface area (Å²) in [7, 11) is -3.67. The minimum atomic E-state index is -3.67. The van der Waals surface area contributed by atoms with Crippen molar-refractivity contribution in [2.45, 2.75) is 42.8 Å². The highest BCUT2D eigenvalue weighted by Gasteiger charge is 2.47. The third-order valence-electron chi connectivity index (χ3n) is 8.39. The molecule has 0 aromatic heterocycles. The molecule has 0 spiro atoms. The summed E-state index contributed by atoms with van der Waals surface area (Å²) in [6.45, 7) is 3.66. The molecule has 0 aliphatic carbocycles. The number of carbonyl (C=O) groups is 4. The standard InChI is InChI=1S/C29H28ClN3O4S.C4H4O4/c1-19(18-32-28(34)23-6-2-3-7-24(23)29(32)35)31-16-14-22(15-17-31)33-27(20-10-12-21(30)13-11-20)25-8-4-5-9-26(25)38(33,36)37;5-3(6)1-2-4(7)8/h2-13,19,22,27H,14-18H2,1H3;1-2H,(H,5,6)(H,7,8)/b;2-1-. The predicted octanol–water partition coefficient (Wildman–Crippen LogP) is 4.29. The summed E-state index contributed by atoms with van der Waals surface area (Å²) in [5.41, 5.74) is 2.59. The van der Waals surface area contributed by atoms with Gasteiger partial charge in [0.2, 0.25) is 10.0 Å². The van der Waals surface area contributed by atoms with Crippen LogP contribution in [0.1, 0.15) is 57.7 Å². The van der Waals surface area contributed by atoms with E-state index in [4.69, 9.17) is 21.8 Å². The fraction of sp³-hybridized carbons (Fsp3) is 0.273. The molecule has 3 aliphatic rings. The lowest BCUT2D eigenvalue weighted by atomic mass is 9.95. The monoisotopic (exact) mass is 665 g/mol. The highest BCUT2D eigenvalue weighted by Crippen LogP contribution is 2.46. The van der Waals surface area contributed by atoms with Gasteiger partial charge in [0.25, 0.3) is 11.8 Å². The van der Waals surface area contributed by atoms with Crippen molar-refractivity contribution in [2.24, 2.45) is 0 Å². The second-order valence-electron chi connectivity index (χ2n) is 11.2. The van der Waals surface area contributed by atoms with Crippen molar-refractivity contribution in [3.8, 4) is 0 Å². The lowest BCUT2D eigenvalue weighted by molar-refractivity contribution is -0.134. The zero-order valence-corrected chi connectivity index (χ0v) is 26.4. The van der Waals surface area contributed by atoms with E-state index in [0.717, 1.165) is 11.1 Å². The minimum Gasteiger partial charge on any atom is -0.478 e. The Labute approximate surface area is 271 Å². The first kappa shape index (κ1) is 33.0. The molecule has 46 heavy (non-hydrogen) atoms. The van der Waals surface area contributed by atoms with E-state index >= 15 is 0 Å². The molecule has 0 radical (unpaired) electrons. The lowest BCUT2D eigenvalue weighted by Gasteiger charge is -2.41. The average molecular weight is 666 g/mol. The van der Waals surface area contributed by atoms with Gasteiger partial charge in [-0.3, -0.25) is 19.4 Å². The van der Waals surface area contributed by atoms with E-state index in [9.17, 15) is 27.6 Å². The molecule has 2 amide bonds. The average Bonchev–Trinajstić information content (AvgIpc) is 3.43. The number of hydrogen-bond acceptors (Lipinski definition) is 7. The summed E-state index contributed by atoms with van der Waals surface area (Å²) in [5.74, 6) is -3.02. The largest absolute Gasteiger partial charge is 0.478 e. The lowest BCUT2D eigenvalue weighted by Crippen LogP contribution is -2.51. The first-order valence-corrected chi connectivity index (χ1v) is 16.4. The second kappa shape index (κ2) is 13.6. The number of likely N-dealkylation sites (tertiary alicyclic amines) is 1. The molecule has 3 heterocycles. The maximum absolute atomic E-state index is 13.8. The van der Waals surface area contributed by atoms with E-state index in [1.54, 1.807) is 52.8 Å². The summed E-state index contributed by atoms with van der Waals surface area (Å²) in [4.78, 5) is 48.7. The Kier molecular flexibility index (Phi) is 9.73. The van der Waals surface area contributed by atoms with Crippen LogP contribution < -0.4 is 0 Å². The van der Waals surface area contributed by atoms with Gasteiger partial charge in [0.15, 0.2) is 0 Å². The molecule has 240 valence electrons. The number of rotatable bonds is 7. The number of imide groups is 1. The van der Waals surface area contributed by atoms with Crippen LogP contribution in [-0.2, 0) is 19.6 Å². The van der Waals surface area contributed by atoms with Crippen LogP contribution in [0.4, 0.5) is 0 Å². The number of fused-ring (bicyclic) bond motifs is 2. The van der Waals surface area contributed by atoms with Gasteiger partial charge in [-0.15, -0.1) is 0 Å². The van der Waals surface area contributed by atoms with E-state index < -0.39 is 28.0 Å². The van der Waals surface area contributed by atoms with Crippen LogP contribution in [0.5, 0.6) is 0 Å². The number of carboxylic acid groups (broad SMARTS) is 2. The van der Waals surface area contributed by atoms with Crippen molar-refractivity contribution in [2.75, 3.05) is 19.6 Å². The van der Waals surface area contributed by atoms with E-state index in [0.29, 0.717) is 65.7 Å². The van der Waals surface area contributed by atoms with Gasteiger partial charge in [-0.25, -0.2) is 18.0 Å². The Hall–Kier alpha value is -4.36. The van der Waals surface area contributed by atoms with Gasteiger partial charge in [0, 0.05) is 48.9 Å². The van der Waals surface area contributed by atoms with Gasteiger partial charge < -0.3 is 10.2 Å². The Balaban J connectivity index is 0.000000463. The quantitative estimate of drug-likeness (QED) is 0.278. The number of carboxylic acids is 2. The van der Waals surface area contributed by atoms with Crippen LogP contribution in [0.3, 0.4) is 0 Å². The maximum atomic E-state index is 13.8. The van der Waals surface area contributed by atoms with E-state index in [1.165, 1.54) is 4.90 Å². The summed E-state index contributed by atoms with van der Waals surface area (Å²) < 4.78 is 29.2. The molecule has 6 rings (SSSR count). The molecule has 2 unspecified atom stereocenters. The van der Waals surface area contributed by atoms with Crippen molar-refractivity contribution in [1.29, 1.82) is 0 Å². The first-order valence-electron chi connectivity index (χ1n) is 14.6. The van der Waals surface area contributed by atoms with Gasteiger partial charge in [-0.2, -0.15) is 4.31 Å². The minimum absolute atomic E-state index is 0.0439. The number of aliphatic carboxylic acids is 2. The first-order chi connectivity index (χ1) is 21.9. The number of halogens is 1. The summed E-state index contributed by atoms with van der Waals surface area (Å²) in [5, 5.41) is 16.2. The molecule has 13 heteroatoms. The Morgan fingerprint density at radius 3 is 1.93 bits per heavy atom. The van der Waals surface area contributed by atoms with Crippen molar-refractivity contribution >= 4 is 45.4 Å². The van der Waals surface area contributed by atoms with Crippen LogP contribution in [0, 0.1) is 0 Å². The highest BCUT2D eigenvalue weighted by molar-refractivity contribution is 7.89. The molecular weight excluding hydrogens is 634 g/mol. The second-order valence-corrected chi connectivity index (χ2v) is 13.5. The van der Waals surface area contributed by atoms with Gasteiger partial charge in [-0.05, 0) is 61.2 Å². The zero-order chi connectivity index (χ0) is 33.2. The predicted molar refractivity (Wildman–Crippen MR) is 169 cm³/mol. The molecule has 1 fully saturated rings. The van der Waals surface area contributed by atoms with Crippen LogP contribution in [-0.4, -0.2) is 88.2 Å². The topological polar surface area (TPSA) is 153 Å². The Morgan fingerprint density at radius 1 is 0.870 bits per heavy atom. The number of piperidine rings is 1. The molecule has 0 bridgehead atoms. The maximum Gasteiger partial charge on any atom is 0.328 e. The Morgan fingerprint density at radius 2 is 1.39 bits per heavy atom. The Bertz CT molecular complexity index is 1750. The zero-order valence-electron chi connectivity index (χ0n) is 24.8. The van der Waals surface area contributed by atoms with E-state index in [2.05, 4.69) is 4.90 Å². The number of carbonyl (C=O) groups excluding carboxylic acids is 2. The number of benzene rings is 3. The number of hydrogen-bond donors (Lipinski definition) is 2. The molecule has 0 saturated carbocycles.